The molecule has 0 spiro atoms. The first kappa shape index (κ1) is 13.5. The summed E-state index contributed by atoms with van der Waals surface area (Å²) in [5.41, 5.74) is 3.08. The van der Waals surface area contributed by atoms with Gasteiger partial charge in [0.25, 0.3) is 0 Å². The molecule has 0 fully saturated rings. The van der Waals surface area contributed by atoms with E-state index in [1.54, 1.807) is 11.5 Å². The van der Waals surface area contributed by atoms with Crippen LogP contribution in [0.1, 0.15) is 11.1 Å². The molecule has 0 saturated heterocycles. The van der Waals surface area contributed by atoms with Gasteiger partial charge < -0.3 is 0 Å². The first-order valence-electron chi connectivity index (χ1n) is 6.07. The number of rotatable bonds is 4. The summed E-state index contributed by atoms with van der Waals surface area (Å²) in [5.74, 6) is 0. The zero-order valence-electron chi connectivity index (χ0n) is 10.9. The summed E-state index contributed by atoms with van der Waals surface area (Å²) in [7, 11) is -1.16. The minimum Gasteiger partial charge on any atom is -0.250 e. The molecule has 2 heteroatoms. The van der Waals surface area contributed by atoms with Crippen molar-refractivity contribution in [3.63, 3.8) is 0 Å². The van der Waals surface area contributed by atoms with Crippen molar-refractivity contribution in [1.82, 2.24) is 0 Å². The molecule has 0 bridgehead atoms. The Kier molecular flexibility index (Phi) is 4.48. The third kappa shape index (κ3) is 3.52. The molecule has 0 aliphatic heterocycles. The molecular formula is C17H16OS. The lowest BCUT2D eigenvalue weighted by Gasteiger charge is -2.03. The first-order valence-corrected chi connectivity index (χ1v) is 7.29. The van der Waals surface area contributed by atoms with Gasteiger partial charge in [0.05, 0.1) is 10.8 Å². The lowest BCUT2D eigenvalue weighted by atomic mass is 10.1. The maximum Gasteiger partial charge on any atom is 0.0782 e. The van der Waals surface area contributed by atoms with E-state index in [4.69, 9.17) is 0 Å². The maximum atomic E-state index is 12.3. The fourth-order valence-corrected chi connectivity index (χ4v) is 2.72. The second kappa shape index (κ2) is 6.30. The van der Waals surface area contributed by atoms with E-state index in [1.165, 1.54) is 0 Å². The van der Waals surface area contributed by atoms with Crippen molar-refractivity contribution in [2.45, 2.75) is 11.8 Å². The summed E-state index contributed by atoms with van der Waals surface area (Å²) in [4.78, 5) is 0.806. The summed E-state index contributed by atoms with van der Waals surface area (Å²) in [6, 6.07) is 17.6. The molecule has 19 heavy (non-hydrogen) atoms. The summed E-state index contributed by atoms with van der Waals surface area (Å²) in [5, 5.41) is 1.74. The summed E-state index contributed by atoms with van der Waals surface area (Å²) >= 11 is 0. The van der Waals surface area contributed by atoms with Gasteiger partial charge in [0.1, 0.15) is 0 Å². The van der Waals surface area contributed by atoms with Crippen LogP contribution in [-0.2, 0) is 10.8 Å². The van der Waals surface area contributed by atoms with E-state index in [-0.39, 0.29) is 0 Å². The van der Waals surface area contributed by atoms with Crippen molar-refractivity contribution in [2.24, 2.45) is 0 Å². The highest BCUT2D eigenvalue weighted by molar-refractivity contribution is 7.88. The van der Waals surface area contributed by atoms with Gasteiger partial charge in [-0.1, -0.05) is 60.7 Å². The molecule has 2 rings (SSSR count). The highest BCUT2D eigenvalue weighted by Crippen LogP contribution is 2.18. The Hall–Kier alpha value is -1.93. The molecule has 0 aliphatic rings. The van der Waals surface area contributed by atoms with Crippen molar-refractivity contribution in [1.29, 1.82) is 0 Å². The zero-order chi connectivity index (χ0) is 13.7. The topological polar surface area (TPSA) is 17.1 Å². The van der Waals surface area contributed by atoms with Crippen LogP contribution in [0.3, 0.4) is 0 Å². The maximum absolute atomic E-state index is 12.3. The van der Waals surface area contributed by atoms with E-state index in [9.17, 15) is 4.21 Å². The Labute approximate surface area is 116 Å². The van der Waals surface area contributed by atoms with Gasteiger partial charge in [0, 0.05) is 10.3 Å². The second-order valence-corrected chi connectivity index (χ2v) is 5.56. The van der Waals surface area contributed by atoms with E-state index in [0.717, 1.165) is 21.6 Å². The van der Waals surface area contributed by atoms with Gasteiger partial charge in [0.15, 0.2) is 0 Å². The molecule has 1 nitrogen and oxygen atoms in total. The number of hydrogen-bond acceptors (Lipinski definition) is 1. The molecule has 96 valence electrons. The Morgan fingerprint density at radius 3 is 2.26 bits per heavy atom. The Morgan fingerprint density at radius 2 is 1.68 bits per heavy atom. The van der Waals surface area contributed by atoms with Gasteiger partial charge in [-0.2, -0.15) is 0 Å². The summed E-state index contributed by atoms with van der Waals surface area (Å²) in [6.45, 7) is 5.81. The Bertz CT molecular complexity index is 609. The molecule has 0 N–H and O–H groups in total. The van der Waals surface area contributed by atoms with E-state index in [2.05, 4.69) is 6.58 Å². The minimum absolute atomic E-state index is 0.806. The predicted molar refractivity (Wildman–Crippen MR) is 82.2 cm³/mol. The largest absolute Gasteiger partial charge is 0.250 e. The molecule has 0 saturated carbocycles. The van der Waals surface area contributed by atoms with E-state index < -0.39 is 10.8 Å². The average molecular weight is 268 g/mol. The third-order valence-corrected chi connectivity index (χ3v) is 4.02. The monoisotopic (exact) mass is 268 g/mol. The molecular weight excluding hydrogens is 252 g/mol. The number of hydrogen-bond donors (Lipinski definition) is 0. The van der Waals surface area contributed by atoms with Crippen LogP contribution in [0.5, 0.6) is 0 Å². The van der Waals surface area contributed by atoms with Crippen LogP contribution in [0, 0.1) is 6.92 Å². The van der Waals surface area contributed by atoms with Crippen LogP contribution in [0.2, 0.25) is 0 Å². The van der Waals surface area contributed by atoms with Gasteiger partial charge in [0.2, 0.25) is 0 Å². The van der Waals surface area contributed by atoms with Gasteiger partial charge in [-0.25, -0.2) is 4.21 Å². The van der Waals surface area contributed by atoms with E-state index in [1.807, 2.05) is 61.5 Å². The molecule has 0 heterocycles. The van der Waals surface area contributed by atoms with Crippen molar-refractivity contribution >= 4 is 16.4 Å². The standard InChI is InChI=1S/C17H16OS/c1-3-15(16-7-5-4-6-8-16)13-19(18)17-11-9-14(2)10-12-17/h3-13H,1H2,2H3/b15-13+/t19-/m0/s1. The minimum atomic E-state index is -1.16. The van der Waals surface area contributed by atoms with Crippen molar-refractivity contribution in [2.75, 3.05) is 0 Å². The van der Waals surface area contributed by atoms with Gasteiger partial charge in [-0.15, -0.1) is 0 Å². The highest BCUT2D eigenvalue weighted by Gasteiger charge is 2.03. The second-order valence-electron chi connectivity index (χ2n) is 4.25. The third-order valence-electron chi connectivity index (χ3n) is 2.81. The van der Waals surface area contributed by atoms with Crippen molar-refractivity contribution in [3.05, 3.63) is 83.8 Å². The van der Waals surface area contributed by atoms with Crippen LogP contribution in [-0.4, -0.2) is 4.21 Å². The van der Waals surface area contributed by atoms with Gasteiger partial charge in [-0.3, -0.25) is 0 Å². The SMILES string of the molecule is C=C/C(=C\[S@](=O)c1ccc(C)cc1)c1ccccc1. The lowest BCUT2D eigenvalue weighted by molar-refractivity contribution is 0.688. The number of allylic oxidation sites excluding steroid dienone is 2. The Balaban J connectivity index is 2.31. The quantitative estimate of drug-likeness (QED) is 0.754. The molecule has 0 aliphatic carbocycles. The van der Waals surface area contributed by atoms with Crippen molar-refractivity contribution in [3.8, 4) is 0 Å². The summed E-state index contributed by atoms with van der Waals surface area (Å²) < 4.78 is 12.3. The fraction of sp³-hybridized carbons (Fsp3) is 0.0588. The lowest BCUT2D eigenvalue weighted by Crippen LogP contribution is -1.89. The number of benzene rings is 2. The van der Waals surface area contributed by atoms with Crippen LogP contribution in [0.15, 0.2) is 77.6 Å². The fourth-order valence-electron chi connectivity index (χ4n) is 1.72. The number of aryl methyl sites for hydroxylation is 1. The molecule has 1 atom stereocenters. The first-order chi connectivity index (χ1) is 9.20. The molecule has 0 radical (unpaired) electrons. The van der Waals surface area contributed by atoms with E-state index >= 15 is 0 Å². The highest BCUT2D eigenvalue weighted by atomic mass is 32.2. The van der Waals surface area contributed by atoms with Gasteiger partial charge in [-0.05, 0) is 30.2 Å². The van der Waals surface area contributed by atoms with Gasteiger partial charge >= 0.3 is 0 Å². The van der Waals surface area contributed by atoms with Crippen LogP contribution in [0.25, 0.3) is 5.57 Å². The summed E-state index contributed by atoms with van der Waals surface area (Å²) in [6.07, 6.45) is 1.74. The van der Waals surface area contributed by atoms with Crippen LogP contribution >= 0.6 is 0 Å². The smallest absolute Gasteiger partial charge is 0.0782 e. The normalized spacial score (nSPS) is 13.0. The molecule has 2 aromatic carbocycles. The molecule has 2 aromatic rings. The predicted octanol–water partition coefficient (Wildman–Crippen LogP) is 4.33. The Morgan fingerprint density at radius 1 is 1.05 bits per heavy atom. The molecule has 0 aromatic heterocycles. The average Bonchev–Trinajstić information content (AvgIpc) is 2.46. The molecule has 0 unspecified atom stereocenters. The zero-order valence-corrected chi connectivity index (χ0v) is 11.7. The van der Waals surface area contributed by atoms with Crippen LogP contribution < -0.4 is 0 Å². The molecule has 0 amide bonds. The van der Waals surface area contributed by atoms with Crippen LogP contribution in [0.4, 0.5) is 0 Å². The van der Waals surface area contributed by atoms with E-state index in [0.29, 0.717) is 0 Å². The van der Waals surface area contributed by atoms with Crippen molar-refractivity contribution < 1.29 is 4.21 Å².